The van der Waals surface area contributed by atoms with Crippen molar-refractivity contribution in [3.05, 3.63) is 88.0 Å². The normalized spacial score (nSPS) is 12.7. The first-order valence-corrected chi connectivity index (χ1v) is 26.1. The third kappa shape index (κ3) is 24.0. The molecule has 3 heteroatoms. The molecule has 326 valence electrons. The Morgan fingerprint density at radius 3 is 1.23 bits per heavy atom. The molecule has 0 N–H and O–H groups in total. The first-order chi connectivity index (χ1) is 28.1. The van der Waals surface area contributed by atoms with Gasteiger partial charge in [0, 0.05) is 22.8 Å². The predicted molar refractivity (Wildman–Crippen MR) is 251 cm³/mol. The molecule has 0 saturated carbocycles. The molecule has 0 bridgehead atoms. The Bertz CT molecular complexity index is 1310. The van der Waals surface area contributed by atoms with Crippen molar-refractivity contribution in [1.82, 2.24) is 0 Å². The van der Waals surface area contributed by atoms with Gasteiger partial charge in [0.15, 0.2) is 0 Å². The second kappa shape index (κ2) is 35.9. The van der Waals surface area contributed by atoms with Crippen LogP contribution < -0.4 is 0 Å². The zero-order valence-electron chi connectivity index (χ0n) is 38.2. The van der Waals surface area contributed by atoms with Crippen LogP contribution in [-0.2, 0) is 27.3 Å². The minimum Gasteiger partial charge on any atom is -0.0654 e. The average molecular weight is 826 g/mol. The smallest absolute Gasteiger partial charge is 0.0654 e. The van der Waals surface area contributed by atoms with Crippen molar-refractivity contribution in [2.45, 2.75) is 244 Å². The molecule has 1 heterocycles. The number of allylic oxidation sites excluding steroid dienone is 2. The second-order valence-electron chi connectivity index (χ2n) is 17.0. The fourth-order valence-corrected chi connectivity index (χ4v) is 9.10. The van der Waals surface area contributed by atoms with Crippen molar-refractivity contribution in [2.75, 3.05) is 0 Å². The summed E-state index contributed by atoms with van der Waals surface area (Å²) in [5.41, 5.74) is 19.3. The zero-order chi connectivity index (χ0) is 41.0. The Kier molecular flexibility index (Phi) is 32.2. The van der Waals surface area contributed by atoms with Gasteiger partial charge in [-0.15, -0.1) is 0 Å². The molecule has 3 rings (SSSR count). The molecule has 0 atom stereocenters. The van der Waals surface area contributed by atoms with E-state index < -0.39 is 0 Å². The summed E-state index contributed by atoms with van der Waals surface area (Å²) in [6.07, 6.45) is 44.7. The Morgan fingerprint density at radius 1 is 0.421 bits per heavy atom. The number of unbranched alkanes of at least 4 members (excludes halogenated alkanes) is 23. The molecule has 0 unspecified atom stereocenters. The van der Waals surface area contributed by atoms with E-state index in [2.05, 4.69) is 89.2 Å². The third-order valence-corrected chi connectivity index (χ3v) is 13.0. The van der Waals surface area contributed by atoms with Gasteiger partial charge in [-0.25, -0.2) is 4.70 Å². The van der Waals surface area contributed by atoms with Crippen LogP contribution in [0.5, 0.6) is 0 Å². The summed E-state index contributed by atoms with van der Waals surface area (Å²) in [7, 11) is 0. The Hall–Kier alpha value is -1.99. The summed E-state index contributed by atoms with van der Waals surface area (Å²) in [5, 5.41) is 2.86. The van der Waals surface area contributed by atoms with Gasteiger partial charge in [0.05, 0.1) is 0 Å². The van der Waals surface area contributed by atoms with Gasteiger partial charge >= 0.3 is 166 Å². The van der Waals surface area contributed by atoms with Gasteiger partial charge in [-0.05, 0) is 73.9 Å². The Labute approximate surface area is 361 Å². The van der Waals surface area contributed by atoms with Gasteiger partial charge in [0.1, 0.15) is 0 Å². The SMILES string of the molecule is CCCCC1=C(c2cccc(CCCC)c2)[N+](=[N-])C(c2cccc(CCCC)c2)=C1.CCCCCCCCCCCC[CH2][Ni][CH2]CCCCCCCCCCCC. The quantitative estimate of drug-likeness (QED) is 0.0376. The molecule has 2 nitrogen and oxygen atoms in total. The minimum absolute atomic E-state index is 0.897. The second-order valence-corrected chi connectivity index (χ2v) is 18.5. The van der Waals surface area contributed by atoms with E-state index in [9.17, 15) is 5.53 Å². The average Bonchev–Trinajstić information content (AvgIpc) is 3.57. The molecule has 0 aromatic heterocycles. The summed E-state index contributed by atoms with van der Waals surface area (Å²) >= 11 is 2.03. The van der Waals surface area contributed by atoms with Crippen LogP contribution in [0.3, 0.4) is 0 Å². The Morgan fingerprint density at radius 2 is 0.789 bits per heavy atom. The van der Waals surface area contributed by atoms with E-state index in [1.165, 1.54) is 199 Å². The van der Waals surface area contributed by atoms with E-state index in [1.807, 2.05) is 14.4 Å². The first kappa shape index (κ1) is 51.2. The monoisotopic (exact) mass is 825 g/mol. The standard InChI is InChI=1S/C28H36N2.2C13H27.Ni/c1-4-7-12-22-14-10-17-24(19-22)27-21-26(16-9-6-3)28(30(27)29)25-18-11-15-23(20-25)13-8-5-2;2*1-3-5-7-9-11-13-12-10-8-6-4-2;/h10-11,14-15,17-21H,4-9,12-13,16H2,1-3H3;2*1,3-13H2,2H3;. The molecule has 1 aliphatic heterocycles. The summed E-state index contributed by atoms with van der Waals surface area (Å²) in [6.45, 7) is 11.3. The summed E-state index contributed by atoms with van der Waals surface area (Å²) in [5.74, 6) is 0. The fourth-order valence-electron chi connectivity index (χ4n) is 7.87. The van der Waals surface area contributed by atoms with Crippen molar-refractivity contribution in [2.24, 2.45) is 0 Å². The molecule has 2 aromatic rings. The number of hydrogen-bond donors (Lipinski definition) is 0. The van der Waals surface area contributed by atoms with Crippen LogP contribution in [0.2, 0.25) is 10.8 Å². The van der Waals surface area contributed by atoms with Crippen LogP contribution in [0.1, 0.15) is 243 Å². The van der Waals surface area contributed by atoms with Crippen molar-refractivity contribution >= 4 is 11.4 Å². The number of aryl methyl sites for hydroxylation is 2. The van der Waals surface area contributed by atoms with Gasteiger partial charge in [0.25, 0.3) is 0 Å². The van der Waals surface area contributed by atoms with Crippen LogP contribution in [0, 0.1) is 0 Å². The third-order valence-electron chi connectivity index (χ3n) is 11.6. The van der Waals surface area contributed by atoms with E-state index in [1.54, 1.807) is 0 Å². The molecule has 1 aliphatic rings. The molecule has 2 aromatic carbocycles. The van der Waals surface area contributed by atoms with E-state index >= 15 is 0 Å². The molecule has 57 heavy (non-hydrogen) atoms. The number of hydrogen-bond acceptors (Lipinski definition) is 0. The maximum absolute atomic E-state index is 11.3. The summed E-state index contributed by atoms with van der Waals surface area (Å²) in [4.78, 5) is 0. The zero-order valence-corrected chi connectivity index (χ0v) is 39.2. The minimum atomic E-state index is 0.897. The van der Waals surface area contributed by atoms with E-state index in [0.717, 1.165) is 54.6 Å². The van der Waals surface area contributed by atoms with Crippen molar-refractivity contribution in [3.8, 4) is 0 Å². The van der Waals surface area contributed by atoms with Crippen LogP contribution in [-0.4, -0.2) is 4.70 Å². The molecule has 0 amide bonds. The van der Waals surface area contributed by atoms with E-state index in [0.29, 0.717) is 0 Å². The van der Waals surface area contributed by atoms with Gasteiger partial charge in [-0.3, -0.25) is 0 Å². The van der Waals surface area contributed by atoms with E-state index in [4.69, 9.17) is 0 Å². The topological polar surface area (TPSA) is 25.3 Å². The summed E-state index contributed by atoms with van der Waals surface area (Å²) in [6, 6.07) is 17.4. The van der Waals surface area contributed by atoms with Crippen LogP contribution in [0.4, 0.5) is 0 Å². The van der Waals surface area contributed by atoms with Gasteiger partial charge in [0.2, 0.25) is 11.4 Å². The van der Waals surface area contributed by atoms with Crippen LogP contribution in [0.25, 0.3) is 16.9 Å². The number of benzene rings is 2. The fraction of sp³-hybridized carbons (Fsp3) is 0.704. The Balaban J connectivity index is 0.000000397. The van der Waals surface area contributed by atoms with E-state index in [-0.39, 0.29) is 0 Å². The maximum atomic E-state index is 11.3. The molecule has 0 fully saturated rings. The van der Waals surface area contributed by atoms with Crippen molar-refractivity contribution in [3.63, 3.8) is 0 Å². The molecular weight excluding hydrogens is 735 g/mol. The molecule has 0 radical (unpaired) electrons. The van der Waals surface area contributed by atoms with Crippen LogP contribution >= 0.6 is 0 Å². The molecule has 0 spiro atoms. The van der Waals surface area contributed by atoms with Crippen molar-refractivity contribution < 1.29 is 19.1 Å². The van der Waals surface area contributed by atoms with Gasteiger partial charge in [-0.1, -0.05) is 78.1 Å². The summed E-state index contributed by atoms with van der Waals surface area (Å²) < 4.78 is 1.43. The van der Waals surface area contributed by atoms with Crippen molar-refractivity contribution in [1.29, 1.82) is 0 Å². The number of rotatable bonds is 35. The predicted octanol–water partition coefficient (Wildman–Crippen LogP) is 18.9. The van der Waals surface area contributed by atoms with Gasteiger partial charge < -0.3 is 5.53 Å². The molecule has 0 saturated heterocycles. The van der Waals surface area contributed by atoms with Crippen LogP contribution in [0.15, 0.2) is 60.2 Å². The molecule has 0 aliphatic carbocycles. The molecular formula is C54H90N2Ni. The van der Waals surface area contributed by atoms with Gasteiger partial charge in [-0.2, -0.15) is 0 Å². The number of nitrogens with zero attached hydrogens (tertiary/aromatic N) is 2. The first-order valence-electron chi connectivity index (χ1n) is 24.7.